The van der Waals surface area contributed by atoms with E-state index in [4.69, 9.17) is 5.11 Å². The molecule has 3 unspecified atom stereocenters. The maximum atomic E-state index is 9.13. The zero-order valence-corrected chi connectivity index (χ0v) is 8.97. The van der Waals surface area contributed by atoms with Gasteiger partial charge in [-0.05, 0) is 37.0 Å². The van der Waals surface area contributed by atoms with E-state index < -0.39 is 0 Å². The van der Waals surface area contributed by atoms with Crippen LogP contribution in [0.1, 0.15) is 31.5 Å². The molecule has 1 aromatic heterocycles. The third kappa shape index (κ3) is 1.59. The average Bonchev–Trinajstić information content (AvgIpc) is 2.92. The summed E-state index contributed by atoms with van der Waals surface area (Å²) in [4.78, 5) is 4.15. The van der Waals surface area contributed by atoms with E-state index in [-0.39, 0.29) is 6.61 Å². The summed E-state index contributed by atoms with van der Waals surface area (Å²) in [6.07, 6.45) is 9.52. The molecule has 0 radical (unpaired) electrons. The van der Waals surface area contributed by atoms with Crippen LogP contribution in [0.3, 0.4) is 0 Å². The van der Waals surface area contributed by atoms with Crippen LogP contribution in [0, 0.1) is 17.8 Å². The SMILES string of the molecule is OCc1nccn1CC1CC2CCC1C2. The van der Waals surface area contributed by atoms with Crippen LogP contribution in [0.5, 0.6) is 0 Å². The van der Waals surface area contributed by atoms with Crippen LogP contribution >= 0.6 is 0 Å². The van der Waals surface area contributed by atoms with Gasteiger partial charge in [-0.1, -0.05) is 6.42 Å². The van der Waals surface area contributed by atoms with Crippen LogP contribution in [-0.2, 0) is 13.2 Å². The molecular formula is C12H18N2O. The van der Waals surface area contributed by atoms with Crippen molar-refractivity contribution in [3.63, 3.8) is 0 Å². The van der Waals surface area contributed by atoms with Gasteiger partial charge in [0, 0.05) is 18.9 Å². The van der Waals surface area contributed by atoms with Crippen LogP contribution < -0.4 is 0 Å². The highest BCUT2D eigenvalue weighted by molar-refractivity contribution is 4.95. The second-order valence-corrected chi connectivity index (χ2v) is 5.09. The summed E-state index contributed by atoms with van der Waals surface area (Å²) < 4.78 is 2.13. The Hall–Kier alpha value is -0.830. The molecule has 0 spiro atoms. The van der Waals surface area contributed by atoms with Gasteiger partial charge >= 0.3 is 0 Å². The minimum Gasteiger partial charge on any atom is -0.388 e. The van der Waals surface area contributed by atoms with Gasteiger partial charge in [-0.15, -0.1) is 0 Å². The molecule has 3 rings (SSSR count). The Bertz CT molecular complexity index is 347. The molecule has 0 aromatic carbocycles. The number of fused-ring (bicyclic) bond motifs is 2. The fourth-order valence-electron chi connectivity index (χ4n) is 3.51. The van der Waals surface area contributed by atoms with Gasteiger partial charge in [-0.3, -0.25) is 0 Å². The van der Waals surface area contributed by atoms with Gasteiger partial charge in [0.25, 0.3) is 0 Å². The highest BCUT2D eigenvalue weighted by Gasteiger charge is 2.39. The van der Waals surface area contributed by atoms with Crippen LogP contribution in [0.25, 0.3) is 0 Å². The summed E-state index contributed by atoms with van der Waals surface area (Å²) in [5.41, 5.74) is 0. The Morgan fingerprint density at radius 2 is 2.33 bits per heavy atom. The average molecular weight is 206 g/mol. The Kier molecular flexibility index (Phi) is 2.28. The summed E-state index contributed by atoms with van der Waals surface area (Å²) in [6.45, 7) is 1.13. The molecular weight excluding hydrogens is 188 g/mol. The van der Waals surface area contributed by atoms with E-state index in [0.29, 0.717) is 0 Å². The van der Waals surface area contributed by atoms with Crippen molar-refractivity contribution >= 4 is 0 Å². The van der Waals surface area contributed by atoms with Crippen LogP contribution in [0.15, 0.2) is 12.4 Å². The predicted molar refractivity (Wildman–Crippen MR) is 57.1 cm³/mol. The normalized spacial score (nSPS) is 33.8. The summed E-state index contributed by atoms with van der Waals surface area (Å²) in [6, 6.07) is 0. The highest BCUT2D eigenvalue weighted by atomic mass is 16.3. The lowest BCUT2D eigenvalue weighted by Crippen LogP contribution is -2.18. The standard InChI is InChI=1S/C12H18N2O/c15-8-12-13-3-4-14(12)7-11-6-9-1-2-10(11)5-9/h3-4,9-11,15H,1-2,5-8H2. The maximum Gasteiger partial charge on any atom is 0.134 e. The number of aliphatic hydroxyl groups excluding tert-OH is 1. The Morgan fingerprint density at radius 1 is 1.40 bits per heavy atom. The molecule has 0 saturated heterocycles. The second kappa shape index (κ2) is 3.63. The molecule has 0 aliphatic heterocycles. The van der Waals surface area contributed by atoms with Crippen molar-refractivity contribution in [1.29, 1.82) is 0 Å². The Balaban J connectivity index is 1.70. The highest BCUT2D eigenvalue weighted by Crippen LogP contribution is 2.48. The van der Waals surface area contributed by atoms with Gasteiger partial charge in [-0.2, -0.15) is 0 Å². The minimum atomic E-state index is 0.0633. The number of nitrogens with zero attached hydrogens (tertiary/aromatic N) is 2. The van der Waals surface area contributed by atoms with Crippen molar-refractivity contribution in [2.24, 2.45) is 17.8 Å². The molecule has 3 atom stereocenters. The van der Waals surface area contributed by atoms with E-state index in [1.807, 2.05) is 6.20 Å². The van der Waals surface area contributed by atoms with E-state index in [2.05, 4.69) is 9.55 Å². The molecule has 3 heteroatoms. The number of hydrogen-bond donors (Lipinski definition) is 1. The molecule has 3 nitrogen and oxygen atoms in total. The summed E-state index contributed by atoms with van der Waals surface area (Å²) in [5, 5.41) is 9.13. The van der Waals surface area contributed by atoms with Crippen molar-refractivity contribution < 1.29 is 5.11 Å². The first kappa shape index (κ1) is 9.40. The van der Waals surface area contributed by atoms with E-state index in [0.717, 1.165) is 30.1 Å². The first-order valence-corrected chi connectivity index (χ1v) is 5.97. The number of imidazole rings is 1. The van der Waals surface area contributed by atoms with E-state index in [1.54, 1.807) is 6.20 Å². The van der Waals surface area contributed by atoms with Crippen molar-refractivity contribution in [2.45, 2.75) is 38.8 Å². The predicted octanol–water partition coefficient (Wildman–Crippen LogP) is 1.81. The van der Waals surface area contributed by atoms with Crippen molar-refractivity contribution in [1.82, 2.24) is 9.55 Å². The summed E-state index contributed by atoms with van der Waals surface area (Å²) in [5.74, 6) is 3.60. The van der Waals surface area contributed by atoms with Crippen LogP contribution in [-0.4, -0.2) is 14.7 Å². The quantitative estimate of drug-likeness (QED) is 0.819. The summed E-state index contributed by atoms with van der Waals surface area (Å²) in [7, 11) is 0. The van der Waals surface area contributed by atoms with Gasteiger partial charge in [0.15, 0.2) is 0 Å². The van der Waals surface area contributed by atoms with Crippen molar-refractivity contribution in [2.75, 3.05) is 0 Å². The molecule has 0 amide bonds. The molecule has 2 bridgehead atoms. The minimum absolute atomic E-state index is 0.0633. The van der Waals surface area contributed by atoms with Crippen LogP contribution in [0.4, 0.5) is 0 Å². The van der Waals surface area contributed by atoms with Gasteiger partial charge in [0.05, 0.1) is 0 Å². The zero-order chi connectivity index (χ0) is 10.3. The molecule has 1 aromatic rings. The van der Waals surface area contributed by atoms with Gasteiger partial charge < -0.3 is 9.67 Å². The lowest BCUT2D eigenvalue weighted by Gasteiger charge is -2.22. The molecule has 1 heterocycles. The van der Waals surface area contributed by atoms with Gasteiger partial charge in [0.1, 0.15) is 12.4 Å². The third-order valence-electron chi connectivity index (χ3n) is 4.26. The third-order valence-corrected chi connectivity index (χ3v) is 4.26. The molecule has 2 aliphatic carbocycles. The lowest BCUT2D eigenvalue weighted by atomic mass is 9.89. The Labute approximate surface area is 90.1 Å². The lowest BCUT2D eigenvalue weighted by molar-refractivity contribution is 0.249. The van der Waals surface area contributed by atoms with Crippen molar-refractivity contribution in [3.05, 3.63) is 18.2 Å². The number of aliphatic hydroxyl groups is 1. The fourth-order valence-corrected chi connectivity index (χ4v) is 3.51. The van der Waals surface area contributed by atoms with Gasteiger partial charge in [-0.25, -0.2) is 4.98 Å². The molecule has 2 fully saturated rings. The van der Waals surface area contributed by atoms with Gasteiger partial charge in [0.2, 0.25) is 0 Å². The molecule has 2 saturated carbocycles. The fraction of sp³-hybridized carbons (Fsp3) is 0.750. The largest absolute Gasteiger partial charge is 0.388 e. The van der Waals surface area contributed by atoms with E-state index in [1.165, 1.54) is 25.7 Å². The first-order chi connectivity index (χ1) is 7.36. The molecule has 15 heavy (non-hydrogen) atoms. The topological polar surface area (TPSA) is 38.1 Å². The van der Waals surface area contributed by atoms with Crippen LogP contribution in [0.2, 0.25) is 0 Å². The molecule has 82 valence electrons. The number of hydrogen-bond acceptors (Lipinski definition) is 2. The smallest absolute Gasteiger partial charge is 0.134 e. The maximum absolute atomic E-state index is 9.13. The number of aromatic nitrogens is 2. The van der Waals surface area contributed by atoms with E-state index in [9.17, 15) is 0 Å². The van der Waals surface area contributed by atoms with Crippen molar-refractivity contribution in [3.8, 4) is 0 Å². The number of rotatable bonds is 3. The molecule has 2 aliphatic rings. The first-order valence-electron chi connectivity index (χ1n) is 5.97. The Morgan fingerprint density at radius 3 is 3.00 bits per heavy atom. The second-order valence-electron chi connectivity index (χ2n) is 5.09. The van der Waals surface area contributed by atoms with E-state index >= 15 is 0 Å². The molecule has 1 N–H and O–H groups in total. The summed E-state index contributed by atoms with van der Waals surface area (Å²) >= 11 is 0. The monoisotopic (exact) mass is 206 g/mol. The zero-order valence-electron chi connectivity index (χ0n) is 8.97.